The largest absolute Gasteiger partial charge is 0.396 e. The third kappa shape index (κ3) is 6.61. The summed E-state index contributed by atoms with van der Waals surface area (Å²) >= 11 is 3.36. The van der Waals surface area contributed by atoms with Gasteiger partial charge in [0, 0.05) is 24.2 Å². The van der Waals surface area contributed by atoms with Crippen LogP contribution in [0.4, 0.5) is 4.79 Å². The molecule has 0 fully saturated rings. The van der Waals surface area contributed by atoms with E-state index in [0.717, 1.165) is 29.3 Å². The van der Waals surface area contributed by atoms with E-state index in [1.54, 1.807) is 0 Å². The van der Waals surface area contributed by atoms with Crippen LogP contribution in [0.3, 0.4) is 0 Å². The molecule has 0 unspecified atom stereocenters. The maximum Gasteiger partial charge on any atom is 0.315 e. The van der Waals surface area contributed by atoms with Crippen molar-refractivity contribution in [3.63, 3.8) is 0 Å². The van der Waals surface area contributed by atoms with E-state index in [0.29, 0.717) is 13.1 Å². The van der Waals surface area contributed by atoms with Crippen molar-refractivity contribution in [2.75, 3.05) is 13.2 Å². The Labute approximate surface area is 116 Å². The molecule has 0 spiro atoms. The molecular formula is C13H19BrN2O2. The molecule has 2 amide bonds. The van der Waals surface area contributed by atoms with Gasteiger partial charge in [-0.15, -0.1) is 0 Å². The number of hydrogen-bond acceptors (Lipinski definition) is 2. The molecule has 0 atom stereocenters. The highest BCUT2D eigenvalue weighted by molar-refractivity contribution is 9.10. The van der Waals surface area contributed by atoms with Gasteiger partial charge in [0.2, 0.25) is 0 Å². The number of carbonyl (C=O) groups is 1. The zero-order chi connectivity index (χ0) is 13.2. The molecule has 5 heteroatoms. The van der Waals surface area contributed by atoms with E-state index in [2.05, 4.69) is 26.6 Å². The maximum atomic E-state index is 11.4. The minimum Gasteiger partial charge on any atom is -0.396 e. The molecule has 1 aromatic carbocycles. The molecule has 0 aromatic heterocycles. The fraction of sp³-hybridized carbons (Fsp3) is 0.462. The van der Waals surface area contributed by atoms with E-state index in [1.165, 1.54) is 0 Å². The molecule has 0 saturated heterocycles. The second-order valence-electron chi connectivity index (χ2n) is 4.02. The highest BCUT2D eigenvalue weighted by Crippen LogP contribution is 2.10. The number of hydrogen-bond donors (Lipinski definition) is 3. The van der Waals surface area contributed by atoms with E-state index in [1.807, 2.05) is 24.3 Å². The summed E-state index contributed by atoms with van der Waals surface area (Å²) < 4.78 is 1.03. The summed E-state index contributed by atoms with van der Waals surface area (Å²) in [6.07, 6.45) is 2.62. The van der Waals surface area contributed by atoms with Crippen LogP contribution in [-0.2, 0) is 6.54 Å². The lowest BCUT2D eigenvalue weighted by molar-refractivity contribution is 0.240. The highest BCUT2D eigenvalue weighted by atomic mass is 79.9. The molecule has 0 bridgehead atoms. The van der Waals surface area contributed by atoms with Crippen LogP contribution >= 0.6 is 15.9 Å². The van der Waals surface area contributed by atoms with E-state index in [9.17, 15) is 4.79 Å². The summed E-state index contributed by atoms with van der Waals surface area (Å²) in [4.78, 5) is 11.4. The number of benzene rings is 1. The number of unbranched alkanes of at least 4 members (excludes halogenated alkanes) is 2. The van der Waals surface area contributed by atoms with Gasteiger partial charge >= 0.3 is 6.03 Å². The van der Waals surface area contributed by atoms with E-state index in [4.69, 9.17) is 5.11 Å². The summed E-state index contributed by atoms with van der Waals surface area (Å²) in [6.45, 7) is 1.39. The molecule has 3 N–H and O–H groups in total. The quantitative estimate of drug-likeness (QED) is 0.677. The average molecular weight is 315 g/mol. The van der Waals surface area contributed by atoms with E-state index >= 15 is 0 Å². The van der Waals surface area contributed by atoms with Crippen LogP contribution in [0.25, 0.3) is 0 Å². The average Bonchev–Trinajstić information content (AvgIpc) is 2.38. The van der Waals surface area contributed by atoms with Gasteiger partial charge in [-0.25, -0.2) is 4.79 Å². The van der Waals surface area contributed by atoms with Crippen LogP contribution in [-0.4, -0.2) is 24.3 Å². The first-order chi connectivity index (χ1) is 8.72. The predicted molar refractivity (Wildman–Crippen MR) is 75.3 cm³/mol. The standard InChI is InChI=1S/C13H19BrN2O2/c14-12-6-4-11(5-7-12)10-16-13(18)15-8-2-1-3-9-17/h4-7,17H,1-3,8-10H2,(H2,15,16,18). The Hall–Kier alpha value is -1.07. The van der Waals surface area contributed by atoms with Gasteiger partial charge in [0.05, 0.1) is 0 Å². The van der Waals surface area contributed by atoms with Crippen LogP contribution in [0.15, 0.2) is 28.7 Å². The first-order valence-corrected chi connectivity index (χ1v) is 6.88. The van der Waals surface area contributed by atoms with Gasteiger partial charge in [-0.2, -0.15) is 0 Å². The normalized spacial score (nSPS) is 10.1. The van der Waals surface area contributed by atoms with Crippen LogP contribution in [0, 0.1) is 0 Å². The first-order valence-electron chi connectivity index (χ1n) is 6.09. The topological polar surface area (TPSA) is 61.4 Å². The van der Waals surface area contributed by atoms with Gasteiger partial charge in [-0.1, -0.05) is 28.1 Å². The number of rotatable bonds is 7. The van der Waals surface area contributed by atoms with Crippen molar-refractivity contribution in [2.45, 2.75) is 25.8 Å². The van der Waals surface area contributed by atoms with Gasteiger partial charge in [-0.3, -0.25) is 0 Å². The van der Waals surface area contributed by atoms with Crippen LogP contribution in [0.5, 0.6) is 0 Å². The van der Waals surface area contributed by atoms with Gasteiger partial charge in [0.25, 0.3) is 0 Å². The second kappa shape index (κ2) is 8.94. The van der Waals surface area contributed by atoms with Crippen molar-refractivity contribution in [3.8, 4) is 0 Å². The Morgan fingerprint density at radius 1 is 1.11 bits per heavy atom. The molecule has 0 aliphatic rings. The second-order valence-corrected chi connectivity index (χ2v) is 4.94. The van der Waals surface area contributed by atoms with E-state index < -0.39 is 0 Å². The van der Waals surface area contributed by atoms with Crippen molar-refractivity contribution in [3.05, 3.63) is 34.3 Å². The Morgan fingerprint density at radius 3 is 2.50 bits per heavy atom. The maximum absolute atomic E-state index is 11.4. The highest BCUT2D eigenvalue weighted by Gasteiger charge is 1.99. The molecular weight excluding hydrogens is 296 g/mol. The number of aliphatic hydroxyl groups is 1. The number of aliphatic hydroxyl groups excluding tert-OH is 1. The third-order valence-corrected chi connectivity index (χ3v) is 3.02. The van der Waals surface area contributed by atoms with Gasteiger partial charge in [0.15, 0.2) is 0 Å². The Morgan fingerprint density at radius 2 is 1.83 bits per heavy atom. The number of carbonyl (C=O) groups excluding carboxylic acids is 1. The zero-order valence-corrected chi connectivity index (χ0v) is 11.9. The van der Waals surface area contributed by atoms with Crippen LogP contribution < -0.4 is 10.6 Å². The molecule has 0 saturated carbocycles. The lowest BCUT2D eigenvalue weighted by atomic mass is 10.2. The molecule has 4 nitrogen and oxygen atoms in total. The van der Waals surface area contributed by atoms with Crippen LogP contribution in [0.2, 0.25) is 0 Å². The molecule has 0 radical (unpaired) electrons. The lowest BCUT2D eigenvalue weighted by Gasteiger charge is -2.07. The Bertz CT molecular complexity index is 355. The van der Waals surface area contributed by atoms with Gasteiger partial charge in [0.1, 0.15) is 0 Å². The fourth-order valence-electron chi connectivity index (χ4n) is 1.46. The number of halogens is 1. The molecule has 0 heterocycles. The van der Waals surface area contributed by atoms with Crippen molar-refractivity contribution >= 4 is 22.0 Å². The monoisotopic (exact) mass is 314 g/mol. The minimum atomic E-state index is -0.151. The van der Waals surface area contributed by atoms with Gasteiger partial charge in [-0.05, 0) is 37.0 Å². The summed E-state index contributed by atoms with van der Waals surface area (Å²) in [5.41, 5.74) is 1.06. The van der Waals surface area contributed by atoms with Crippen molar-refractivity contribution in [2.24, 2.45) is 0 Å². The van der Waals surface area contributed by atoms with Crippen molar-refractivity contribution < 1.29 is 9.90 Å². The summed E-state index contributed by atoms with van der Waals surface area (Å²) in [5, 5.41) is 14.2. The van der Waals surface area contributed by atoms with Gasteiger partial charge < -0.3 is 15.7 Å². The number of urea groups is 1. The zero-order valence-electron chi connectivity index (χ0n) is 10.3. The summed E-state index contributed by atoms with van der Waals surface area (Å²) in [5.74, 6) is 0. The molecule has 1 aromatic rings. The number of amides is 2. The predicted octanol–water partition coefficient (Wildman–Crippen LogP) is 2.41. The smallest absolute Gasteiger partial charge is 0.315 e. The van der Waals surface area contributed by atoms with Crippen LogP contribution in [0.1, 0.15) is 24.8 Å². The minimum absolute atomic E-state index is 0.151. The molecule has 0 aliphatic carbocycles. The van der Waals surface area contributed by atoms with Crippen molar-refractivity contribution in [1.82, 2.24) is 10.6 Å². The lowest BCUT2D eigenvalue weighted by Crippen LogP contribution is -2.35. The molecule has 100 valence electrons. The molecule has 18 heavy (non-hydrogen) atoms. The Balaban J connectivity index is 2.11. The fourth-order valence-corrected chi connectivity index (χ4v) is 1.73. The number of nitrogens with one attached hydrogen (secondary N) is 2. The summed E-state index contributed by atoms with van der Waals surface area (Å²) in [7, 11) is 0. The van der Waals surface area contributed by atoms with E-state index in [-0.39, 0.29) is 12.6 Å². The third-order valence-electron chi connectivity index (χ3n) is 2.49. The molecule has 1 rings (SSSR count). The summed E-state index contributed by atoms with van der Waals surface area (Å²) in [6, 6.07) is 7.67. The Kier molecular flexibility index (Phi) is 7.44. The molecule has 0 aliphatic heterocycles. The van der Waals surface area contributed by atoms with Crippen molar-refractivity contribution in [1.29, 1.82) is 0 Å². The SMILES string of the molecule is O=C(NCCCCCO)NCc1ccc(Br)cc1. The first kappa shape index (κ1) is 15.0.